The highest BCUT2D eigenvalue weighted by Gasteiger charge is 2.27. The lowest BCUT2D eigenvalue weighted by Gasteiger charge is -2.36. The summed E-state index contributed by atoms with van der Waals surface area (Å²) in [5.74, 6) is 0.707. The predicted octanol–water partition coefficient (Wildman–Crippen LogP) is 6.21. The average molecular weight is 510 g/mol. The Morgan fingerprint density at radius 3 is 2.34 bits per heavy atom. The van der Waals surface area contributed by atoms with Crippen molar-refractivity contribution in [3.05, 3.63) is 58.8 Å². The summed E-state index contributed by atoms with van der Waals surface area (Å²) in [4.78, 5) is 30.0. The predicted molar refractivity (Wildman–Crippen MR) is 140 cm³/mol. The Morgan fingerprint density at radius 2 is 1.63 bits per heavy atom. The maximum absolute atomic E-state index is 12.4. The number of carbonyl (C=O) groups is 1. The second kappa shape index (κ2) is 9.13. The number of rotatable bonds is 2. The van der Waals surface area contributed by atoms with E-state index in [9.17, 15) is 4.79 Å². The normalized spacial score (nSPS) is 14.5. The van der Waals surface area contributed by atoms with Crippen molar-refractivity contribution in [1.82, 2.24) is 19.9 Å². The molecule has 5 rings (SSSR count). The van der Waals surface area contributed by atoms with Crippen molar-refractivity contribution in [2.24, 2.45) is 0 Å². The largest absolute Gasteiger partial charge is 0.444 e. The molecule has 0 N–H and O–H groups in total. The van der Waals surface area contributed by atoms with E-state index in [2.05, 4.69) is 14.9 Å². The molecule has 0 spiro atoms. The molecule has 1 amide bonds. The molecule has 9 heteroatoms. The lowest BCUT2D eigenvalue weighted by molar-refractivity contribution is 0.0240. The van der Waals surface area contributed by atoms with Gasteiger partial charge in [0.2, 0.25) is 5.28 Å². The molecule has 7 nitrogen and oxygen atoms in total. The van der Waals surface area contributed by atoms with Crippen LogP contribution in [0.4, 0.5) is 10.6 Å². The van der Waals surface area contributed by atoms with E-state index < -0.39 is 5.60 Å². The third kappa shape index (κ3) is 4.83. The van der Waals surface area contributed by atoms with Gasteiger partial charge in [0.1, 0.15) is 11.4 Å². The van der Waals surface area contributed by atoms with E-state index in [1.807, 2.05) is 69.3 Å². The van der Waals surface area contributed by atoms with Crippen molar-refractivity contribution in [2.75, 3.05) is 31.1 Å². The minimum absolute atomic E-state index is 0.127. The van der Waals surface area contributed by atoms with Crippen LogP contribution in [-0.4, -0.2) is 57.7 Å². The van der Waals surface area contributed by atoms with Gasteiger partial charge in [0, 0.05) is 42.2 Å². The number of halogens is 2. The molecule has 180 valence electrons. The average Bonchev–Trinajstić information content (AvgIpc) is 2.82. The Balaban J connectivity index is 1.46. The summed E-state index contributed by atoms with van der Waals surface area (Å²) in [6.45, 7) is 7.84. The fourth-order valence-corrected chi connectivity index (χ4v) is 4.74. The molecule has 0 saturated carbocycles. The Morgan fingerprint density at radius 1 is 0.914 bits per heavy atom. The van der Waals surface area contributed by atoms with Gasteiger partial charge < -0.3 is 14.5 Å². The third-order valence-corrected chi connectivity index (χ3v) is 6.36. The van der Waals surface area contributed by atoms with Gasteiger partial charge in [-0.2, -0.15) is 9.97 Å². The highest BCUT2D eigenvalue weighted by atomic mass is 35.5. The fourth-order valence-electron chi connectivity index (χ4n) is 4.30. The van der Waals surface area contributed by atoms with E-state index in [-0.39, 0.29) is 11.4 Å². The van der Waals surface area contributed by atoms with Gasteiger partial charge in [-0.15, -0.1) is 0 Å². The van der Waals surface area contributed by atoms with Gasteiger partial charge in [-0.05, 0) is 56.0 Å². The van der Waals surface area contributed by atoms with E-state index in [1.165, 1.54) is 0 Å². The monoisotopic (exact) mass is 509 g/mol. The summed E-state index contributed by atoms with van der Waals surface area (Å²) < 4.78 is 5.50. The smallest absolute Gasteiger partial charge is 0.410 e. The molecule has 1 aliphatic rings. The van der Waals surface area contributed by atoms with E-state index in [0.717, 1.165) is 27.4 Å². The number of hydrogen-bond donors (Lipinski definition) is 0. The van der Waals surface area contributed by atoms with Crippen molar-refractivity contribution in [1.29, 1.82) is 0 Å². The first-order chi connectivity index (χ1) is 16.7. The molecule has 0 aliphatic carbocycles. The second-order valence-electron chi connectivity index (χ2n) is 9.48. The zero-order valence-corrected chi connectivity index (χ0v) is 21.3. The SMILES string of the molecule is CC(C)(C)OC(=O)N1CCN(c2nc(Cl)nc3nc(-c4cccc5cccc(Cl)c45)ccc23)CC1. The molecule has 1 fully saturated rings. The number of pyridine rings is 1. The van der Waals surface area contributed by atoms with Gasteiger partial charge in [0.15, 0.2) is 5.65 Å². The Labute approximate surface area is 213 Å². The lowest BCUT2D eigenvalue weighted by atomic mass is 10.0. The molecule has 0 bridgehead atoms. The summed E-state index contributed by atoms with van der Waals surface area (Å²) >= 11 is 12.9. The van der Waals surface area contributed by atoms with Crippen LogP contribution < -0.4 is 4.90 Å². The van der Waals surface area contributed by atoms with Crippen molar-refractivity contribution in [3.63, 3.8) is 0 Å². The molecule has 35 heavy (non-hydrogen) atoms. The van der Waals surface area contributed by atoms with Gasteiger partial charge in [0.25, 0.3) is 0 Å². The minimum Gasteiger partial charge on any atom is -0.444 e. The molecular formula is C26H25Cl2N5O2. The number of anilines is 1. The van der Waals surface area contributed by atoms with Gasteiger partial charge in [-0.25, -0.2) is 9.78 Å². The van der Waals surface area contributed by atoms with Crippen LogP contribution in [0, 0.1) is 0 Å². The number of benzene rings is 2. The van der Waals surface area contributed by atoms with Gasteiger partial charge >= 0.3 is 6.09 Å². The molecule has 1 saturated heterocycles. The van der Waals surface area contributed by atoms with E-state index in [4.69, 9.17) is 32.9 Å². The quantitative estimate of drug-likeness (QED) is 0.299. The standard InChI is InChI=1S/C26H25Cl2N5O2/c1-26(2,3)35-25(34)33-14-12-32(13-15-33)23-18-10-11-20(29-22(18)30-24(28)31-23)17-8-4-6-16-7-5-9-19(27)21(16)17/h4-11H,12-15H2,1-3H3. The number of ether oxygens (including phenoxy) is 1. The number of nitrogens with zero attached hydrogens (tertiary/aromatic N) is 5. The van der Waals surface area contributed by atoms with Crippen LogP contribution >= 0.6 is 23.2 Å². The molecule has 0 unspecified atom stereocenters. The third-order valence-electron chi connectivity index (χ3n) is 5.87. The van der Waals surface area contributed by atoms with Crippen LogP contribution in [0.1, 0.15) is 20.8 Å². The van der Waals surface area contributed by atoms with Gasteiger partial charge in [0.05, 0.1) is 11.1 Å². The van der Waals surface area contributed by atoms with Crippen molar-refractivity contribution in [2.45, 2.75) is 26.4 Å². The first kappa shape index (κ1) is 23.6. The van der Waals surface area contributed by atoms with Crippen LogP contribution in [0.5, 0.6) is 0 Å². The number of aromatic nitrogens is 3. The number of piperazine rings is 1. The summed E-state index contributed by atoms with van der Waals surface area (Å²) in [6, 6.07) is 15.8. The molecule has 0 radical (unpaired) electrons. The molecular weight excluding hydrogens is 485 g/mol. The highest BCUT2D eigenvalue weighted by Crippen LogP contribution is 2.34. The number of amides is 1. The summed E-state index contributed by atoms with van der Waals surface area (Å²) in [5, 5.41) is 3.59. The van der Waals surface area contributed by atoms with Crippen LogP contribution in [0.3, 0.4) is 0 Å². The van der Waals surface area contributed by atoms with E-state index in [1.54, 1.807) is 4.90 Å². The number of fused-ring (bicyclic) bond motifs is 2. The van der Waals surface area contributed by atoms with Crippen molar-refractivity contribution >= 4 is 56.9 Å². The van der Waals surface area contributed by atoms with Crippen molar-refractivity contribution < 1.29 is 9.53 Å². The summed E-state index contributed by atoms with van der Waals surface area (Å²) in [5.41, 5.74) is 1.67. The number of hydrogen-bond acceptors (Lipinski definition) is 6. The second-order valence-corrected chi connectivity index (χ2v) is 10.2. The molecule has 2 aromatic carbocycles. The first-order valence-corrected chi connectivity index (χ1v) is 12.2. The minimum atomic E-state index is -0.526. The summed E-state index contributed by atoms with van der Waals surface area (Å²) in [7, 11) is 0. The summed E-state index contributed by atoms with van der Waals surface area (Å²) in [6.07, 6.45) is -0.303. The topological polar surface area (TPSA) is 71.5 Å². The molecule has 1 aliphatic heterocycles. The fraction of sp³-hybridized carbons (Fsp3) is 0.308. The van der Waals surface area contributed by atoms with Gasteiger partial charge in [-0.3, -0.25) is 0 Å². The van der Waals surface area contributed by atoms with Crippen LogP contribution in [0.25, 0.3) is 33.1 Å². The highest BCUT2D eigenvalue weighted by molar-refractivity contribution is 6.36. The molecule has 2 aromatic heterocycles. The maximum Gasteiger partial charge on any atom is 0.410 e. The zero-order chi connectivity index (χ0) is 24.7. The van der Waals surface area contributed by atoms with Gasteiger partial charge in [-0.1, -0.05) is 41.9 Å². The molecule has 0 atom stereocenters. The van der Waals surface area contributed by atoms with E-state index >= 15 is 0 Å². The van der Waals surface area contributed by atoms with Crippen LogP contribution in [0.15, 0.2) is 48.5 Å². The maximum atomic E-state index is 12.4. The van der Waals surface area contributed by atoms with E-state index in [0.29, 0.717) is 42.7 Å². The van der Waals surface area contributed by atoms with Crippen molar-refractivity contribution in [3.8, 4) is 11.3 Å². The Bertz CT molecular complexity index is 1420. The first-order valence-electron chi connectivity index (χ1n) is 11.4. The zero-order valence-electron chi connectivity index (χ0n) is 19.8. The molecule has 4 aromatic rings. The van der Waals surface area contributed by atoms with Crippen LogP contribution in [-0.2, 0) is 4.74 Å². The lowest BCUT2D eigenvalue weighted by Crippen LogP contribution is -2.50. The molecule has 3 heterocycles. The van der Waals surface area contributed by atoms with Crippen LogP contribution in [0.2, 0.25) is 10.3 Å². The Hall–Kier alpha value is -3.16. The Kier molecular flexibility index (Phi) is 6.15. The number of carbonyl (C=O) groups excluding carboxylic acids is 1.